The van der Waals surface area contributed by atoms with Crippen LogP contribution in [-0.4, -0.2) is 40.3 Å². The van der Waals surface area contributed by atoms with E-state index in [1.807, 2.05) is 22.8 Å². The minimum atomic E-state index is -0.473. The molecular formula is C29H31N5O3. The number of benzene rings is 2. The molecule has 2 atom stereocenters. The molecule has 8 heteroatoms. The second-order valence-corrected chi connectivity index (χ2v) is 10.1. The largest absolute Gasteiger partial charge is 0.495 e. The third-order valence-corrected chi connectivity index (χ3v) is 7.66. The van der Waals surface area contributed by atoms with Crippen LogP contribution in [0.2, 0.25) is 0 Å². The minimum absolute atomic E-state index is 0.148. The second-order valence-electron chi connectivity index (χ2n) is 10.1. The van der Waals surface area contributed by atoms with Crippen molar-refractivity contribution < 1.29 is 9.53 Å². The molecule has 2 aliphatic heterocycles. The van der Waals surface area contributed by atoms with Crippen molar-refractivity contribution in [1.29, 1.82) is 0 Å². The number of anilines is 2. The molecule has 0 unspecified atom stereocenters. The topological polar surface area (TPSA) is 80.5 Å². The molecule has 2 aliphatic rings. The SMILES string of the molecule is COc1ccccc1NC(=O)Nc1ccc2n(c1=O)C[C@H]1C[C@@H]2CN(Cc2cn(C)c3ccccc23)C1. The fourth-order valence-electron chi connectivity index (χ4n) is 6.09. The average Bonchev–Trinajstić information content (AvgIpc) is 3.21. The van der Waals surface area contributed by atoms with Crippen LogP contribution in [0.15, 0.2) is 71.7 Å². The van der Waals surface area contributed by atoms with Crippen LogP contribution in [0.1, 0.15) is 23.6 Å². The van der Waals surface area contributed by atoms with Crippen molar-refractivity contribution in [2.45, 2.75) is 25.4 Å². The number of carbonyl (C=O) groups is 1. The summed E-state index contributed by atoms with van der Waals surface area (Å²) in [4.78, 5) is 28.5. The van der Waals surface area contributed by atoms with E-state index >= 15 is 0 Å². The normalized spacial score (nSPS) is 18.9. The number of piperidine rings is 1. The number of hydrogen-bond donors (Lipinski definition) is 2. The van der Waals surface area contributed by atoms with Crippen LogP contribution in [0, 0.1) is 5.92 Å². The molecule has 2 aromatic heterocycles. The van der Waals surface area contributed by atoms with Gasteiger partial charge < -0.3 is 24.5 Å². The standard InChI is InChI=1S/C29H31N5O3/c1-32-16-21(22-7-3-5-9-26(22)32)18-33-14-19-13-20(17-33)25-12-11-24(28(35)34(25)15-19)31-29(36)30-23-8-4-6-10-27(23)37-2/h3-12,16,19-20H,13-15,17-18H2,1-2H3,(H2,30,31,36)/t19-,20+/m0/s1. The molecule has 2 N–H and O–H groups in total. The number of methoxy groups -OCH3 is 1. The summed E-state index contributed by atoms with van der Waals surface area (Å²) >= 11 is 0. The van der Waals surface area contributed by atoms with E-state index in [0.717, 1.165) is 31.7 Å². The molecule has 1 fully saturated rings. The summed E-state index contributed by atoms with van der Waals surface area (Å²) in [5, 5.41) is 6.81. The smallest absolute Gasteiger partial charge is 0.323 e. The van der Waals surface area contributed by atoms with Gasteiger partial charge in [0.05, 0.1) is 12.8 Å². The summed E-state index contributed by atoms with van der Waals surface area (Å²) in [5.74, 6) is 1.25. The number of nitrogens with zero attached hydrogens (tertiary/aromatic N) is 3. The summed E-state index contributed by atoms with van der Waals surface area (Å²) in [6, 6.07) is 19.0. The van der Waals surface area contributed by atoms with E-state index < -0.39 is 6.03 Å². The Hall–Kier alpha value is -4.04. The number of aryl methyl sites for hydroxylation is 1. The fourth-order valence-corrected chi connectivity index (χ4v) is 6.09. The van der Waals surface area contributed by atoms with Gasteiger partial charge in [-0.1, -0.05) is 30.3 Å². The second kappa shape index (κ2) is 9.44. The lowest BCUT2D eigenvalue weighted by Gasteiger charge is -2.43. The van der Waals surface area contributed by atoms with Crippen molar-refractivity contribution in [2.75, 3.05) is 30.8 Å². The molecule has 2 amide bonds. The highest BCUT2D eigenvalue weighted by molar-refractivity contribution is 6.00. The lowest BCUT2D eigenvalue weighted by Crippen LogP contribution is -2.47. The van der Waals surface area contributed by atoms with Crippen molar-refractivity contribution in [2.24, 2.45) is 13.0 Å². The van der Waals surface area contributed by atoms with Gasteiger partial charge in [-0.05, 0) is 48.2 Å². The lowest BCUT2D eigenvalue weighted by molar-refractivity contribution is 0.115. The third-order valence-electron chi connectivity index (χ3n) is 7.66. The van der Waals surface area contributed by atoms with Crippen LogP contribution in [-0.2, 0) is 20.1 Å². The molecule has 2 aromatic carbocycles. The van der Waals surface area contributed by atoms with Crippen molar-refractivity contribution in [1.82, 2.24) is 14.0 Å². The van der Waals surface area contributed by atoms with Crippen LogP contribution in [0.25, 0.3) is 10.9 Å². The number of para-hydroxylation sites is 3. The van der Waals surface area contributed by atoms with Crippen LogP contribution < -0.4 is 20.9 Å². The van der Waals surface area contributed by atoms with Crippen molar-refractivity contribution in [3.8, 4) is 5.75 Å². The first-order valence-corrected chi connectivity index (χ1v) is 12.7. The Morgan fingerprint density at radius 2 is 1.76 bits per heavy atom. The van der Waals surface area contributed by atoms with Crippen LogP contribution in [0.3, 0.4) is 0 Å². The molecule has 190 valence electrons. The van der Waals surface area contributed by atoms with Gasteiger partial charge in [-0.2, -0.15) is 0 Å². The zero-order valence-corrected chi connectivity index (χ0v) is 21.1. The molecule has 8 nitrogen and oxygen atoms in total. The van der Waals surface area contributed by atoms with Gasteiger partial charge in [-0.3, -0.25) is 9.69 Å². The first-order chi connectivity index (χ1) is 18.0. The van der Waals surface area contributed by atoms with Gasteiger partial charge in [0, 0.05) is 61.9 Å². The van der Waals surface area contributed by atoms with E-state index in [2.05, 4.69) is 57.6 Å². The lowest BCUT2D eigenvalue weighted by atomic mass is 9.83. The Morgan fingerprint density at radius 1 is 0.973 bits per heavy atom. The molecule has 6 rings (SSSR count). The monoisotopic (exact) mass is 497 g/mol. The maximum Gasteiger partial charge on any atom is 0.323 e. The average molecular weight is 498 g/mol. The number of pyridine rings is 1. The van der Waals surface area contributed by atoms with E-state index in [0.29, 0.717) is 29.8 Å². The Morgan fingerprint density at radius 3 is 2.62 bits per heavy atom. The molecule has 0 spiro atoms. The zero-order chi connectivity index (χ0) is 25.5. The summed E-state index contributed by atoms with van der Waals surface area (Å²) in [5.41, 5.74) is 4.33. The molecule has 4 heterocycles. The number of amides is 2. The van der Waals surface area contributed by atoms with Gasteiger partial charge in [0.1, 0.15) is 11.4 Å². The Kier molecular flexibility index (Phi) is 5.96. The van der Waals surface area contributed by atoms with Gasteiger partial charge in [0.25, 0.3) is 5.56 Å². The molecular weight excluding hydrogens is 466 g/mol. The molecule has 0 aliphatic carbocycles. The quantitative estimate of drug-likeness (QED) is 0.422. The number of rotatable bonds is 5. The van der Waals surface area contributed by atoms with Crippen molar-refractivity contribution in [3.05, 3.63) is 88.5 Å². The van der Waals surface area contributed by atoms with Crippen molar-refractivity contribution in [3.63, 3.8) is 0 Å². The van der Waals surface area contributed by atoms with Gasteiger partial charge in [-0.15, -0.1) is 0 Å². The van der Waals surface area contributed by atoms with Gasteiger partial charge in [-0.25, -0.2) is 4.79 Å². The number of likely N-dealkylation sites (tertiary alicyclic amines) is 1. The number of aromatic nitrogens is 2. The Balaban J connectivity index is 1.19. The Bertz CT molecular complexity index is 1540. The number of carbonyl (C=O) groups excluding carboxylic acids is 1. The predicted octanol–water partition coefficient (Wildman–Crippen LogP) is 4.61. The first kappa shape index (κ1) is 23.4. The highest BCUT2D eigenvalue weighted by Gasteiger charge is 2.35. The van der Waals surface area contributed by atoms with E-state index in [1.165, 1.54) is 16.5 Å². The minimum Gasteiger partial charge on any atom is -0.495 e. The maximum atomic E-state index is 13.4. The van der Waals surface area contributed by atoms with Crippen LogP contribution in [0.4, 0.5) is 16.2 Å². The first-order valence-electron chi connectivity index (χ1n) is 12.7. The molecule has 2 bridgehead atoms. The highest BCUT2D eigenvalue weighted by atomic mass is 16.5. The van der Waals surface area contributed by atoms with E-state index in [-0.39, 0.29) is 11.2 Å². The fraction of sp³-hybridized carbons (Fsp3) is 0.310. The summed E-state index contributed by atoms with van der Waals surface area (Å²) in [7, 11) is 3.65. The van der Waals surface area contributed by atoms with Crippen molar-refractivity contribution >= 4 is 28.3 Å². The summed E-state index contributed by atoms with van der Waals surface area (Å²) in [6.45, 7) is 3.44. The van der Waals surface area contributed by atoms with E-state index in [1.54, 1.807) is 25.3 Å². The molecule has 1 saturated heterocycles. The maximum absolute atomic E-state index is 13.4. The highest BCUT2D eigenvalue weighted by Crippen LogP contribution is 2.36. The predicted molar refractivity (Wildman–Crippen MR) is 145 cm³/mol. The summed E-state index contributed by atoms with van der Waals surface area (Å²) in [6.07, 6.45) is 3.33. The number of urea groups is 1. The Labute approximate surface area is 215 Å². The van der Waals surface area contributed by atoms with Crippen LogP contribution >= 0.6 is 0 Å². The molecule has 0 saturated carbocycles. The van der Waals surface area contributed by atoms with E-state index in [9.17, 15) is 9.59 Å². The zero-order valence-electron chi connectivity index (χ0n) is 21.1. The molecule has 4 aromatic rings. The van der Waals surface area contributed by atoms with Gasteiger partial charge in [0.15, 0.2) is 0 Å². The number of fused-ring (bicyclic) bond motifs is 5. The molecule has 0 radical (unpaired) electrons. The van der Waals surface area contributed by atoms with Gasteiger partial charge >= 0.3 is 6.03 Å². The molecule has 37 heavy (non-hydrogen) atoms. The number of ether oxygens (including phenoxy) is 1. The van der Waals surface area contributed by atoms with Gasteiger partial charge in [0.2, 0.25) is 0 Å². The summed E-state index contributed by atoms with van der Waals surface area (Å²) < 4.78 is 9.36. The van der Waals surface area contributed by atoms with Crippen LogP contribution in [0.5, 0.6) is 5.75 Å². The third kappa shape index (κ3) is 4.38. The number of nitrogens with one attached hydrogen (secondary N) is 2. The van der Waals surface area contributed by atoms with E-state index in [4.69, 9.17) is 4.74 Å². The number of hydrogen-bond acceptors (Lipinski definition) is 4.